The Morgan fingerprint density at radius 2 is 1.88 bits per heavy atom. The number of esters is 1. The van der Waals surface area contributed by atoms with E-state index < -0.39 is 22.9 Å². The van der Waals surface area contributed by atoms with Crippen molar-refractivity contribution in [3.63, 3.8) is 0 Å². The van der Waals surface area contributed by atoms with E-state index in [4.69, 9.17) is 10.5 Å². The van der Waals surface area contributed by atoms with Crippen molar-refractivity contribution in [3.05, 3.63) is 63.2 Å². The molecule has 3 N–H and O–H groups in total. The number of amides is 1. The van der Waals surface area contributed by atoms with E-state index >= 15 is 0 Å². The monoisotopic (exact) mass is 357 g/mol. The van der Waals surface area contributed by atoms with Gasteiger partial charge in [-0.1, -0.05) is 17.7 Å². The highest BCUT2D eigenvalue weighted by Gasteiger charge is 2.22. The average molecular weight is 357 g/mol. The summed E-state index contributed by atoms with van der Waals surface area (Å²) in [5.74, 6) is -1.43. The van der Waals surface area contributed by atoms with E-state index in [9.17, 15) is 19.7 Å². The first-order chi connectivity index (χ1) is 12.2. The van der Waals surface area contributed by atoms with Gasteiger partial charge < -0.3 is 15.8 Å². The Morgan fingerprint density at radius 1 is 1.19 bits per heavy atom. The van der Waals surface area contributed by atoms with Gasteiger partial charge in [-0.3, -0.25) is 14.9 Å². The van der Waals surface area contributed by atoms with Crippen LogP contribution in [-0.4, -0.2) is 22.9 Å². The maximum Gasteiger partial charge on any atom is 0.341 e. The molecule has 26 heavy (non-hydrogen) atoms. The molecule has 0 heterocycles. The lowest BCUT2D eigenvalue weighted by atomic mass is 10.1. The summed E-state index contributed by atoms with van der Waals surface area (Å²) >= 11 is 0. The van der Waals surface area contributed by atoms with Crippen LogP contribution in [0.1, 0.15) is 28.4 Å². The molecule has 0 fully saturated rings. The smallest absolute Gasteiger partial charge is 0.341 e. The molecule has 1 unspecified atom stereocenters. The molecule has 0 bridgehead atoms. The van der Waals surface area contributed by atoms with Crippen LogP contribution in [0.4, 0.5) is 17.1 Å². The highest BCUT2D eigenvalue weighted by molar-refractivity contribution is 6.00. The van der Waals surface area contributed by atoms with Gasteiger partial charge in [0.1, 0.15) is 0 Å². The molecule has 2 rings (SSSR count). The van der Waals surface area contributed by atoms with Gasteiger partial charge in [0.15, 0.2) is 6.10 Å². The van der Waals surface area contributed by atoms with E-state index in [0.717, 1.165) is 17.2 Å². The van der Waals surface area contributed by atoms with Gasteiger partial charge in [0.2, 0.25) is 0 Å². The van der Waals surface area contributed by atoms with Gasteiger partial charge in [-0.05, 0) is 38.5 Å². The largest absolute Gasteiger partial charge is 0.449 e. The first-order valence-corrected chi connectivity index (χ1v) is 7.82. The highest BCUT2D eigenvalue weighted by Crippen LogP contribution is 2.21. The zero-order valence-corrected chi connectivity index (χ0v) is 14.6. The number of nitro benzene ring substituents is 1. The minimum atomic E-state index is -1.11. The van der Waals surface area contributed by atoms with Crippen LogP contribution in [0, 0.1) is 24.0 Å². The van der Waals surface area contributed by atoms with Crippen molar-refractivity contribution in [3.8, 4) is 0 Å². The normalized spacial score (nSPS) is 11.5. The number of hydrogen-bond donors (Lipinski definition) is 2. The molecule has 0 aliphatic carbocycles. The fourth-order valence-corrected chi connectivity index (χ4v) is 2.30. The number of nitrogens with one attached hydrogen (secondary N) is 1. The lowest BCUT2D eigenvalue weighted by Gasteiger charge is -2.15. The third-order valence-electron chi connectivity index (χ3n) is 3.76. The van der Waals surface area contributed by atoms with Crippen molar-refractivity contribution in [1.82, 2.24) is 0 Å². The molecule has 0 saturated heterocycles. The van der Waals surface area contributed by atoms with Crippen molar-refractivity contribution >= 4 is 28.9 Å². The van der Waals surface area contributed by atoms with Gasteiger partial charge in [-0.15, -0.1) is 0 Å². The van der Waals surface area contributed by atoms with Crippen LogP contribution in [0.25, 0.3) is 0 Å². The van der Waals surface area contributed by atoms with Crippen LogP contribution in [0.5, 0.6) is 0 Å². The van der Waals surface area contributed by atoms with Gasteiger partial charge in [0.05, 0.1) is 10.5 Å². The maximum absolute atomic E-state index is 12.2. The van der Waals surface area contributed by atoms with Gasteiger partial charge in [-0.25, -0.2) is 4.79 Å². The predicted octanol–water partition coefficient (Wildman–Crippen LogP) is 2.98. The molecule has 0 radical (unpaired) electrons. The number of aryl methyl sites for hydroxylation is 2. The van der Waals surface area contributed by atoms with Crippen molar-refractivity contribution in [2.24, 2.45) is 0 Å². The fourth-order valence-electron chi connectivity index (χ4n) is 2.30. The molecular formula is C18H19N3O5. The second-order valence-electron chi connectivity index (χ2n) is 5.88. The zero-order valence-electron chi connectivity index (χ0n) is 14.6. The average Bonchev–Trinajstić information content (AvgIpc) is 2.57. The Morgan fingerprint density at radius 3 is 2.50 bits per heavy atom. The number of anilines is 2. The number of nitrogens with two attached hydrogens (primary N) is 1. The summed E-state index contributed by atoms with van der Waals surface area (Å²) in [5, 5.41) is 13.5. The lowest BCUT2D eigenvalue weighted by Crippen LogP contribution is -2.30. The first-order valence-electron chi connectivity index (χ1n) is 7.82. The first kappa shape index (κ1) is 18.9. The third-order valence-corrected chi connectivity index (χ3v) is 3.76. The molecule has 1 atom stereocenters. The number of non-ortho nitro benzene ring substituents is 1. The molecule has 8 nitrogen and oxygen atoms in total. The minimum absolute atomic E-state index is 0.0302. The van der Waals surface area contributed by atoms with Crippen molar-refractivity contribution in [2.75, 3.05) is 11.1 Å². The minimum Gasteiger partial charge on any atom is -0.449 e. The van der Waals surface area contributed by atoms with Crippen molar-refractivity contribution in [2.45, 2.75) is 26.9 Å². The maximum atomic E-state index is 12.2. The Balaban J connectivity index is 2.10. The van der Waals surface area contributed by atoms with Crippen LogP contribution < -0.4 is 11.1 Å². The SMILES string of the molecule is Cc1ccc(NC(=O)C(C)OC(=O)c2cc([N+](=O)[O-])ccc2N)c(C)c1. The molecule has 0 aliphatic rings. The highest BCUT2D eigenvalue weighted by atomic mass is 16.6. The molecule has 136 valence electrons. The summed E-state index contributed by atoms with van der Waals surface area (Å²) in [6.45, 7) is 5.19. The van der Waals surface area contributed by atoms with Crippen LogP contribution in [0.2, 0.25) is 0 Å². The molecular weight excluding hydrogens is 338 g/mol. The number of nitrogen functional groups attached to an aromatic ring is 1. The van der Waals surface area contributed by atoms with Crippen LogP contribution in [-0.2, 0) is 9.53 Å². The van der Waals surface area contributed by atoms with Gasteiger partial charge in [-0.2, -0.15) is 0 Å². The second kappa shape index (κ2) is 7.64. The molecule has 1 amide bonds. The molecule has 0 aliphatic heterocycles. The fraction of sp³-hybridized carbons (Fsp3) is 0.222. The number of nitrogens with zero attached hydrogens (tertiary/aromatic N) is 1. The van der Waals surface area contributed by atoms with Crippen molar-refractivity contribution in [1.29, 1.82) is 0 Å². The van der Waals surface area contributed by atoms with Crippen LogP contribution >= 0.6 is 0 Å². The third kappa shape index (κ3) is 4.35. The Hall–Kier alpha value is -3.42. The summed E-state index contributed by atoms with van der Waals surface area (Å²) < 4.78 is 5.10. The molecule has 0 aromatic heterocycles. The molecule has 2 aromatic carbocycles. The topological polar surface area (TPSA) is 125 Å². The van der Waals surface area contributed by atoms with E-state index in [1.54, 1.807) is 6.07 Å². The summed E-state index contributed by atoms with van der Waals surface area (Å²) in [5.41, 5.74) is 7.79. The Bertz CT molecular complexity index is 879. The second-order valence-corrected chi connectivity index (χ2v) is 5.88. The number of carbonyl (C=O) groups excluding carboxylic acids is 2. The van der Waals surface area contributed by atoms with Gasteiger partial charge >= 0.3 is 5.97 Å². The van der Waals surface area contributed by atoms with Crippen LogP contribution in [0.15, 0.2) is 36.4 Å². The zero-order chi connectivity index (χ0) is 19.4. The number of carbonyl (C=O) groups is 2. The molecule has 0 spiro atoms. The number of nitro groups is 1. The van der Waals surface area contributed by atoms with Crippen LogP contribution in [0.3, 0.4) is 0 Å². The molecule has 8 heteroatoms. The summed E-state index contributed by atoms with van der Waals surface area (Å²) in [6, 6.07) is 8.97. The summed E-state index contributed by atoms with van der Waals surface area (Å²) in [6.07, 6.45) is -1.11. The summed E-state index contributed by atoms with van der Waals surface area (Å²) in [7, 11) is 0. The predicted molar refractivity (Wildman–Crippen MR) is 96.9 cm³/mol. The van der Waals surface area contributed by atoms with Gasteiger partial charge in [0, 0.05) is 23.5 Å². The van der Waals surface area contributed by atoms with Gasteiger partial charge in [0.25, 0.3) is 11.6 Å². The summed E-state index contributed by atoms with van der Waals surface area (Å²) in [4.78, 5) is 34.6. The van der Waals surface area contributed by atoms with Crippen molar-refractivity contribution < 1.29 is 19.2 Å². The van der Waals surface area contributed by atoms with E-state index in [1.807, 2.05) is 26.0 Å². The Kier molecular flexibility index (Phi) is 5.56. The number of rotatable bonds is 5. The van der Waals surface area contributed by atoms with E-state index in [1.165, 1.54) is 19.1 Å². The lowest BCUT2D eigenvalue weighted by molar-refractivity contribution is -0.384. The Labute approximate surface area is 150 Å². The number of hydrogen-bond acceptors (Lipinski definition) is 6. The number of ether oxygens (including phenoxy) is 1. The van der Waals surface area contributed by atoms with E-state index in [2.05, 4.69) is 5.32 Å². The molecule has 0 saturated carbocycles. The quantitative estimate of drug-likeness (QED) is 0.367. The standard InChI is InChI=1S/C18H19N3O5/c1-10-4-7-16(11(2)8-10)20-17(22)12(3)26-18(23)14-9-13(21(24)25)5-6-15(14)19/h4-9,12H,19H2,1-3H3,(H,20,22). The van der Waals surface area contributed by atoms with E-state index in [-0.39, 0.29) is 16.9 Å². The van der Waals surface area contributed by atoms with E-state index in [0.29, 0.717) is 5.69 Å². The number of benzene rings is 2. The molecule has 2 aromatic rings.